The van der Waals surface area contributed by atoms with E-state index in [-0.39, 0.29) is 49.7 Å². The molecule has 2 amide bonds. The van der Waals surface area contributed by atoms with Gasteiger partial charge in [0.05, 0.1) is 32.4 Å². The Morgan fingerprint density at radius 1 is 0.828 bits per heavy atom. The van der Waals surface area contributed by atoms with Crippen LogP contribution in [0.15, 0.2) is 83.8 Å². The first kappa shape index (κ1) is 47.8. The zero-order valence-corrected chi connectivity index (χ0v) is 38.3. The zero-order chi connectivity index (χ0) is 46.2. The molecule has 6 aromatic heterocycles. The average molecular weight is 984 g/mol. The van der Waals surface area contributed by atoms with Gasteiger partial charge in [0.15, 0.2) is 5.78 Å². The maximum Gasteiger partial charge on any atom is 0.417 e. The van der Waals surface area contributed by atoms with Crippen molar-refractivity contribution < 1.29 is 36.7 Å². The lowest BCUT2D eigenvalue weighted by Crippen LogP contribution is -2.54. The van der Waals surface area contributed by atoms with Crippen LogP contribution >= 0.6 is 38.6 Å². The Morgan fingerprint density at radius 3 is 1.88 bits per heavy atom. The molecule has 21 heteroatoms. The first-order valence-corrected chi connectivity index (χ1v) is 22.3. The van der Waals surface area contributed by atoms with Crippen molar-refractivity contribution in [3.8, 4) is 10.6 Å². The number of thiazole rings is 2. The molecule has 0 aliphatic heterocycles. The molecular weight excluding hydrogens is 941 g/mol. The number of Topliss-reactive ketones (excluding diaryl/α,β-unsaturated/α-hetero) is 1. The van der Waals surface area contributed by atoms with Gasteiger partial charge in [-0.15, -0.1) is 22.7 Å². The number of amides is 2. The summed E-state index contributed by atoms with van der Waals surface area (Å²) >= 11 is 5.79. The SMILES string of the molecule is CC(=O)c1cncs1.CC(C)(C)OC(=O)N(CC1(c2ncccc2F)CC(F)C1)c1ncc(Br)cn1.NC(=O)c1cnc(-c2cnc(CCC3(c4ncccc4F)CC(F)C3)nc2)s1. The van der Waals surface area contributed by atoms with Crippen molar-refractivity contribution in [1.82, 2.24) is 39.9 Å². The lowest BCUT2D eigenvalue weighted by Gasteiger charge is -2.45. The lowest BCUT2D eigenvalue weighted by molar-refractivity contribution is 0.0505. The Kier molecular flexibility index (Phi) is 15.3. The van der Waals surface area contributed by atoms with Crippen molar-refractivity contribution in [2.24, 2.45) is 5.73 Å². The van der Waals surface area contributed by atoms with Crippen LogP contribution in [0.3, 0.4) is 0 Å². The van der Waals surface area contributed by atoms with Crippen LogP contribution in [0.1, 0.15) is 96.4 Å². The molecule has 64 heavy (non-hydrogen) atoms. The van der Waals surface area contributed by atoms with E-state index in [4.69, 9.17) is 10.5 Å². The number of nitrogens with zero attached hydrogens (tertiary/aromatic N) is 9. The maximum atomic E-state index is 14.5. The zero-order valence-electron chi connectivity index (χ0n) is 35.1. The number of nitrogens with two attached hydrogens (primary N) is 1. The van der Waals surface area contributed by atoms with E-state index in [0.717, 1.165) is 4.88 Å². The van der Waals surface area contributed by atoms with E-state index < -0.39 is 52.4 Å². The summed E-state index contributed by atoms with van der Waals surface area (Å²) in [6.07, 6.45) is 11.1. The van der Waals surface area contributed by atoms with Crippen molar-refractivity contribution in [2.75, 3.05) is 11.4 Å². The van der Waals surface area contributed by atoms with Gasteiger partial charge in [0.25, 0.3) is 5.91 Å². The summed E-state index contributed by atoms with van der Waals surface area (Å²) in [5.41, 5.74) is 5.68. The van der Waals surface area contributed by atoms with Crippen LogP contribution in [0.4, 0.5) is 28.3 Å². The minimum absolute atomic E-state index is 0.0438. The Labute approximate surface area is 382 Å². The molecule has 2 N–H and O–H groups in total. The summed E-state index contributed by atoms with van der Waals surface area (Å²) in [7, 11) is 0. The summed E-state index contributed by atoms with van der Waals surface area (Å²) in [6.45, 7) is 6.70. The molecule has 6 aromatic rings. The van der Waals surface area contributed by atoms with Gasteiger partial charge < -0.3 is 10.5 Å². The molecule has 2 fully saturated rings. The first-order valence-electron chi connectivity index (χ1n) is 19.8. The van der Waals surface area contributed by atoms with Crippen LogP contribution < -0.4 is 10.6 Å². The number of pyridine rings is 2. The van der Waals surface area contributed by atoms with Gasteiger partial charge in [0.1, 0.15) is 45.3 Å². The fourth-order valence-corrected chi connectivity index (χ4v) is 8.65. The van der Waals surface area contributed by atoms with Crippen molar-refractivity contribution in [3.63, 3.8) is 0 Å². The molecule has 8 rings (SSSR count). The minimum Gasteiger partial charge on any atom is -0.443 e. The normalized spacial score (nSPS) is 20.0. The molecule has 2 aliphatic carbocycles. The van der Waals surface area contributed by atoms with E-state index in [0.29, 0.717) is 44.3 Å². The topological polar surface area (TPSA) is 193 Å². The summed E-state index contributed by atoms with van der Waals surface area (Å²) < 4.78 is 62.3. The number of rotatable bonds is 11. The highest BCUT2D eigenvalue weighted by Crippen LogP contribution is 2.49. The number of halogens is 5. The number of anilines is 1. The van der Waals surface area contributed by atoms with Crippen LogP contribution in [-0.4, -0.2) is 82.1 Å². The number of carbonyl (C=O) groups excluding carboxylic acids is 3. The number of carbonyl (C=O) groups is 3. The molecule has 0 aromatic carbocycles. The number of hydrogen-bond acceptors (Lipinski definition) is 14. The van der Waals surface area contributed by atoms with E-state index in [1.807, 2.05) is 0 Å². The fraction of sp³-hybridized carbons (Fsp3) is 0.372. The third-order valence-electron chi connectivity index (χ3n) is 10.2. The van der Waals surface area contributed by atoms with E-state index >= 15 is 0 Å². The third kappa shape index (κ3) is 11.9. The van der Waals surface area contributed by atoms with Gasteiger partial charge in [-0.05, 0) is 93.1 Å². The largest absolute Gasteiger partial charge is 0.443 e. The van der Waals surface area contributed by atoms with Crippen LogP contribution in [0.2, 0.25) is 0 Å². The Balaban J connectivity index is 0.000000181. The molecule has 2 saturated carbocycles. The smallest absolute Gasteiger partial charge is 0.417 e. The second-order valence-electron chi connectivity index (χ2n) is 16.2. The van der Waals surface area contributed by atoms with Crippen LogP contribution in [0, 0.1) is 11.6 Å². The summed E-state index contributed by atoms with van der Waals surface area (Å²) in [6, 6.07) is 5.64. The highest BCUT2D eigenvalue weighted by atomic mass is 79.9. The van der Waals surface area contributed by atoms with Gasteiger partial charge in [0.2, 0.25) is 5.95 Å². The molecule has 0 atom stereocenters. The Hall–Kier alpha value is -5.67. The number of aromatic nitrogens is 8. The van der Waals surface area contributed by atoms with Gasteiger partial charge in [0, 0.05) is 79.7 Å². The van der Waals surface area contributed by atoms with E-state index in [1.165, 1.54) is 89.7 Å². The van der Waals surface area contributed by atoms with Crippen molar-refractivity contribution in [3.05, 3.63) is 122 Å². The Bertz CT molecular complexity index is 2540. The van der Waals surface area contributed by atoms with E-state index in [2.05, 4.69) is 55.8 Å². The van der Waals surface area contributed by atoms with Crippen LogP contribution in [-0.2, 0) is 22.0 Å². The summed E-state index contributed by atoms with van der Waals surface area (Å²) in [5, 5.41) is 0.603. The van der Waals surface area contributed by atoms with Crippen molar-refractivity contribution in [2.45, 2.75) is 95.0 Å². The molecule has 0 radical (unpaired) electrons. The van der Waals surface area contributed by atoms with Crippen LogP contribution in [0.25, 0.3) is 10.6 Å². The quantitative estimate of drug-likeness (QED) is 0.0958. The number of primary amides is 1. The summed E-state index contributed by atoms with van der Waals surface area (Å²) in [4.78, 5) is 70.0. The maximum absolute atomic E-state index is 14.5. The molecule has 0 unspecified atom stereocenters. The number of alkyl halides is 2. The summed E-state index contributed by atoms with van der Waals surface area (Å²) in [5.74, 6) is -0.702. The molecule has 0 saturated heterocycles. The van der Waals surface area contributed by atoms with Gasteiger partial charge in [-0.25, -0.2) is 52.2 Å². The second-order valence-corrected chi connectivity index (χ2v) is 19.0. The number of aryl methyl sites for hydroxylation is 1. The van der Waals surface area contributed by atoms with Gasteiger partial charge in [-0.3, -0.25) is 24.5 Å². The van der Waals surface area contributed by atoms with Crippen molar-refractivity contribution in [1.29, 1.82) is 0 Å². The Morgan fingerprint density at radius 2 is 1.41 bits per heavy atom. The average Bonchev–Trinajstić information content (AvgIpc) is 3.96. The van der Waals surface area contributed by atoms with Crippen molar-refractivity contribution >= 4 is 62.3 Å². The molecule has 2 aliphatic rings. The van der Waals surface area contributed by atoms with Gasteiger partial charge in [-0.1, -0.05) is 0 Å². The van der Waals surface area contributed by atoms with E-state index in [1.54, 1.807) is 44.9 Å². The molecule has 6 heterocycles. The fourth-order valence-electron chi connectivity index (χ4n) is 7.18. The molecule has 0 spiro atoms. The molecule has 14 nitrogen and oxygen atoms in total. The molecular formula is C43H43BrF4N10O4S2. The highest BCUT2D eigenvalue weighted by molar-refractivity contribution is 9.10. The predicted octanol–water partition coefficient (Wildman–Crippen LogP) is 9.17. The second kappa shape index (κ2) is 20.4. The highest BCUT2D eigenvalue weighted by Gasteiger charge is 2.51. The first-order chi connectivity index (χ1) is 30.4. The molecule has 0 bridgehead atoms. The number of hydrogen-bond donors (Lipinski definition) is 1. The van der Waals surface area contributed by atoms with E-state index in [9.17, 15) is 31.9 Å². The monoisotopic (exact) mass is 982 g/mol. The predicted molar refractivity (Wildman–Crippen MR) is 235 cm³/mol. The number of ketones is 1. The minimum atomic E-state index is -1.09. The standard InChI is InChI=1S/C19H21BrF2N4O2.C19H17F2N5OS.C5H5NOS/c1-18(2,3)28-17(27)26(16-24-9-12(20)10-25-16)11-19(7-13(21)8-19)15-14(22)5-4-6-23-15;20-12-6-19(7-12,16-13(21)2-1-5-23-16)4-3-15-24-8-11(9-25-15)18-26-10-14(28-18)17(22)27;1-4(7)5-2-6-3-8-5/h4-6,9-10,13H,7-8,11H2,1-3H3;1-2,5,8-10,12H,3-4,6-7H2,(H2,22,27);2-3H,1H3. The third-order valence-corrected chi connectivity index (χ3v) is 12.5. The molecule has 336 valence electrons. The van der Waals surface area contributed by atoms with Gasteiger partial charge in [-0.2, -0.15) is 0 Å². The number of ether oxygens (including phenoxy) is 1. The van der Waals surface area contributed by atoms with Gasteiger partial charge >= 0.3 is 6.09 Å². The van der Waals surface area contributed by atoms with Crippen LogP contribution in [0.5, 0.6) is 0 Å². The lowest BCUT2D eigenvalue weighted by atomic mass is 9.62.